The van der Waals surface area contributed by atoms with Crippen molar-refractivity contribution in [3.05, 3.63) is 0 Å². The largest absolute Gasteiger partial charge is 0.480 e. The number of amides is 3. The number of piperazine rings is 1. The van der Waals surface area contributed by atoms with Gasteiger partial charge in [-0.15, -0.1) is 12.3 Å². The van der Waals surface area contributed by atoms with Crippen molar-refractivity contribution in [2.45, 2.75) is 12.5 Å². The van der Waals surface area contributed by atoms with Crippen molar-refractivity contribution in [3.63, 3.8) is 0 Å². The van der Waals surface area contributed by atoms with Crippen molar-refractivity contribution >= 4 is 17.9 Å². The predicted octanol–water partition coefficient (Wildman–Crippen LogP) is -1.40. The highest BCUT2D eigenvalue weighted by Crippen LogP contribution is 1.97. The molecule has 1 unspecified atom stereocenters. The predicted molar refractivity (Wildman–Crippen MR) is 58.0 cm³/mol. The zero-order valence-electron chi connectivity index (χ0n) is 9.10. The van der Waals surface area contributed by atoms with E-state index in [9.17, 15) is 14.4 Å². The minimum absolute atomic E-state index is 0.0752. The van der Waals surface area contributed by atoms with Crippen LogP contribution in [0.25, 0.3) is 0 Å². The second kappa shape index (κ2) is 5.75. The number of terminal acetylenes is 1. The molecule has 3 N–H and O–H groups in total. The molecular formula is C10H13N3O4. The van der Waals surface area contributed by atoms with Crippen LogP contribution < -0.4 is 10.6 Å². The zero-order valence-corrected chi connectivity index (χ0v) is 9.10. The lowest BCUT2D eigenvalue weighted by Gasteiger charge is -2.27. The topological polar surface area (TPSA) is 98.7 Å². The summed E-state index contributed by atoms with van der Waals surface area (Å²) in [7, 11) is 0. The Labute approximate surface area is 98.2 Å². The van der Waals surface area contributed by atoms with Crippen molar-refractivity contribution in [3.8, 4) is 12.3 Å². The number of carboxylic acids is 1. The van der Waals surface area contributed by atoms with Gasteiger partial charge in [-0.1, -0.05) is 0 Å². The maximum absolute atomic E-state index is 11.6. The standard InChI is InChI=1S/C10H13N3O4/c1-2-3-7(9(15)16)12-10(17)13-5-4-11-8(14)6-13/h1,7H,3-6H2,(H,11,14)(H,12,17)(H,15,16). The summed E-state index contributed by atoms with van der Waals surface area (Å²) in [5.74, 6) is 0.708. The van der Waals surface area contributed by atoms with E-state index >= 15 is 0 Å². The zero-order chi connectivity index (χ0) is 12.8. The Kier molecular flexibility index (Phi) is 4.34. The van der Waals surface area contributed by atoms with Crippen molar-refractivity contribution < 1.29 is 19.5 Å². The summed E-state index contributed by atoms with van der Waals surface area (Å²) in [5, 5.41) is 13.6. The van der Waals surface area contributed by atoms with Gasteiger partial charge in [-0.3, -0.25) is 4.79 Å². The highest BCUT2D eigenvalue weighted by atomic mass is 16.4. The van der Waals surface area contributed by atoms with Crippen molar-refractivity contribution in [2.75, 3.05) is 19.6 Å². The summed E-state index contributed by atoms with van der Waals surface area (Å²) in [6.45, 7) is 0.632. The van der Waals surface area contributed by atoms with E-state index in [2.05, 4.69) is 16.6 Å². The van der Waals surface area contributed by atoms with Crippen LogP contribution >= 0.6 is 0 Å². The average Bonchev–Trinajstić information content (AvgIpc) is 2.28. The van der Waals surface area contributed by atoms with Gasteiger partial charge in [0.1, 0.15) is 12.6 Å². The van der Waals surface area contributed by atoms with E-state index in [0.29, 0.717) is 13.1 Å². The minimum Gasteiger partial charge on any atom is -0.480 e. The highest BCUT2D eigenvalue weighted by Gasteiger charge is 2.25. The van der Waals surface area contributed by atoms with E-state index in [-0.39, 0.29) is 18.9 Å². The third kappa shape index (κ3) is 3.68. The quantitative estimate of drug-likeness (QED) is 0.528. The summed E-state index contributed by atoms with van der Waals surface area (Å²) in [4.78, 5) is 34.7. The normalized spacial score (nSPS) is 16.6. The lowest BCUT2D eigenvalue weighted by molar-refractivity contribution is -0.139. The minimum atomic E-state index is -1.20. The molecule has 7 nitrogen and oxygen atoms in total. The fraction of sp³-hybridized carbons (Fsp3) is 0.500. The van der Waals surface area contributed by atoms with Crippen molar-refractivity contribution in [2.24, 2.45) is 0 Å². The van der Waals surface area contributed by atoms with Crippen LogP contribution in [0.3, 0.4) is 0 Å². The Morgan fingerprint density at radius 2 is 2.35 bits per heavy atom. The number of hydrogen-bond donors (Lipinski definition) is 3. The molecule has 17 heavy (non-hydrogen) atoms. The Hall–Kier alpha value is -2.23. The van der Waals surface area contributed by atoms with Gasteiger partial charge < -0.3 is 20.6 Å². The molecule has 7 heteroatoms. The van der Waals surface area contributed by atoms with E-state index in [1.807, 2.05) is 0 Å². The first kappa shape index (κ1) is 12.8. The number of carbonyl (C=O) groups is 3. The Bertz CT molecular complexity index is 374. The van der Waals surface area contributed by atoms with Crippen LogP contribution in [0, 0.1) is 12.3 Å². The number of carbonyl (C=O) groups excluding carboxylic acids is 2. The number of aliphatic carboxylic acids is 1. The van der Waals surface area contributed by atoms with Crippen LogP contribution in [0.2, 0.25) is 0 Å². The van der Waals surface area contributed by atoms with Crippen LogP contribution in [0.1, 0.15) is 6.42 Å². The van der Waals surface area contributed by atoms with Gasteiger partial charge in [-0.05, 0) is 0 Å². The Balaban J connectivity index is 2.55. The first-order chi connectivity index (χ1) is 8.04. The number of hydrogen-bond acceptors (Lipinski definition) is 3. The van der Waals surface area contributed by atoms with Gasteiger partial charge in [0.25, 0.3) is 0 Å². The molecule has 1 atom stereocenters. The summed E-state index contributed by atoms with van der Waals surface area (Å²) in [5.41, 5.74) is 0. The third-order valence-corrected chi connectivity index (χ3v) is 2.24. The van der Waals surface area contributed by atoms with Crippen LogP contribution in [0.5, 0.6) is 0 Å². The van der Waals surface area contributed by atoms with Gasteiger partial charge in [-0.25, -0.2) is 9.59 Å². The Morgan fingerprint density at radius 3 is 2.88 bits per heavy atom. The fourth-order valence-electron chi connectivity index (χ4n) is 1.37. The molecule has 92 valence electrons. The molecule has 1 saturated heterocycles. The molecule has 0 aromatic rings. The lowest BCUT2D eigenvalue weighted by atomic mass is 10.2. The van der Waals surface area contributed by atoms with Crippen LogP contribution in [-0.2, 0) is 9.59 Å². The van der Waals surface area contributed by atoms with Crippen LogP contribution in [0.15, 0.2) is 0 Å². The third-order valence-electron chi connectivity index (χ3n) is 2.24. The first-order valence-corrected chi connectivity index (χ1v) is 5.03. The number of urea groups is 1. The van der Waals surface area contributed by atoms with E-state index in [4.69, 9.17) is 11.5 Å². The van der Waals surface area contributed by atoms with Crippen molar-refractivity contribution in [1.29, 1.82) is 0 Å². The molecule has 1 aliphatic heterocycles. The molecule has 1 heterocycles. The van der Waals surface area contributed by atoms with Crippen molar-refractivity contribution in [1.82, 2.24) is 15.5 Å². The van der Waals surface area contributed by atoms with Crippen LogP contribution in [0.4, 0.5) is 4.79 Å². The monoisotopic (exact) mass is 239 g/mol. The van der Waals surface area contributed by atoms with E-state index in [1.54, 1.807) is 0 Å². The molecule has 0 radical (unpaired) electrons. The maximum atomic E-state index is 11.6. The molecule has 1 fully saturated rings. The summed E-state index contributed by atoms with van der Waals surface area (Å²) >= 11 is 0. The van der Waals surface area contributed by atoms with Crippen LogP contribution in [-0.4, -0.2) is 53.6 Å². The maximum Gasteiger partial charge on any atom is 0.327 e. The molecule has 0 spiro atoms. The number of nitrogens with one attached hydrogen (secondary N) is 2. The van der Waals surface area contributed by atoms with E-state index in [0.717, 1.165) is 0 Å². The van der Waals surface area contributed by atoms with Gasteiger partial charge in [0.15, 0.2) is 0 Å². The summed E-state index contributed by atoms with van der Waals surface area (Å²) in [6, 6.07) is -1.72. The molecule has 0 aromatic heterocycles. The number of nitrogens with zero attached hydrogens (tertiary/aromatic N) is 1. The second-order valence-corrected chi connectivity index (χ2v) is 3.52. The molecule has 0 bridgehead atoms. The number of rotatable bonds is 3. The average molecular weight is 239 g/mol. The smallest absolute Gasteiger partial charge is 0.327 e. The first-order valence-electron chi connectivity index (χ1n) is 5.03. The molecule has 1 aliphatic rings. The highest BCUT2D eigenvalue weighted by molar-refractivity contribution is 5.87. The lowest BCUT2D eigenvalue weighted by Crippen LogP contribution is -2.55. The number of carboxylic acid groups (broad SMARTS) is 1. The molecule has 0 saturated carbocycles. The summed E-state index contributed by atoms with van der Waals surface area (Å²) < 4.78 is 0. The molecule has 1 rings (SSSR count). The van der Waals surface area contributed by atoms with Gasteiger partial charge in [0, 0.05) is 19.5 Å². The second-order valence-electron chi connectivity index (χ2n) is 3.52. The van der Waals surface area contributed by atoms with E-state index < -0.39 is 18.0 Å². The van der Waals surface area contributed by atoms with Gasteiger partial charge in [0.2, 0.25) is 5.91 Å². The fourth-order valence-corrected chi connectivity index (χ4v) is 1.37. The van der Waals surface area contributed by atoms with Gasteiger partial charge >= 0.3 is 12.0 Å². The van der Waals surface area contributed by atoms with E-state index in [1.165, 1.54) is 4.90 Å². The Morgan fingerprint density at radius 1 is 1.65 bits per heavy atom. The summed E-state index contributed by atoms with van der Waals surface area (Å²) in [6.07, 6.45) is 4.90. The SMILES string of the molecule is C#CCC(NC(=O)N1CCNC(=O)C1)C(=O)O. The van der Waals surface area contributed by atoms with Gasteiger partial charge in [-0.2, -0.15) is 0 Å². The van der Waals surface area contributed by atoms with Gasteiger partial charge in [0.05, 0.1) is 0 Å². The molecular weight excluding hydrogens is 226 g/mol. The molecule has 0 aromatic carbocycles. The molecule has 3 amide bonds. The molecule has 0 aliphatic carbocycles.